The molecule has 0 fully saturated rings. The van der Waals surface area contributed by atoms with Gasteiger partial charge in [0.25, 0.3) is 0 Å². The molecule has 18 heavy (non-hydrogen) atoms. The van der Waals surface area contributed by atoms with Gasteiger partial charge in [0.1, 0.15) is 0 Å². The molecule has 98 valence electrons. The second kappa shape index (κ2) is 5.58. The monoisotopic (exact) mass is 266 g/mol. The van der Waals surface area contributed by atoms with Crippen molar-refractivity contribution in [3.63, 3.8) is 0 Å². The van der Waals surface area contributed by atoms with Gasteiger partial charge in [0.05, 0.1) is 22.4 Å². The zero-order chi connectivity index (χ0) is 13.1. The second-order valence-corrected chi connectivity index (χ2v) is 5.05. The van der Waals surface area contributed by atoms with Gasteiger partial charge in [-0.15, -0.1) is 5.10 Å². The number of aliphatic hydroxyl groups is 1. The standard InChI is InChI=1S/C12H18N4OS/c1-4-8-6-9(16(3)14-8)7-11(17)12-10(5-2)13-15-18-12/h6,11,17H,4-5,7H2,1-3H3. The molecule has 1 N–H and O–H groups in total. The summed E-state index contributed by atoms with van der Waals surface area (Å²) in [6.07, 6.45) is 1.72. The topological polar surface area (TPSA) is 63.8 Å². The van der Waals surface area contributed by atoms with Crippen molar-refractivity contribution in [3.8, 4) is 0 Å². The van der Waals surface area contributed by atoms with Gasteiger partial charge < -0.3 is 5.11 Å². The predicted octanol–water partition coefficient (Wildman–Crippen LogP) is 1.67. The van der Waals surface area contributed by atoms with E-state index in [0.717, 1.165) is 34.8 Å². The summed E-state index contributed by atoms with van der Waals surface area (Å²) in [4.78, 5) is 0.872. The molecule has 0 aliphatic rings. The summed E-state index contributed by atoms with van der Waals surface area (Å²) in [5, 5.41) is 18.7. The number of aryl methyl sites for hydroxylation is 3. The van der Waals surface area contributed by atoms with E-state index < -0.39 is 6.10 Å². The third-order valence-corrected chi connectivity index (χ3v) is 3.88. The number of rotatable bonds is 5. The molecule has 0 saturated carbocycles. The molecule has 0 aliphatic heterocycles. The van der Waals surface area contributed by atoms with Crippen molar-refractivity contribution < 1.29 is 5.11 Å². The van der Waals surface area contributed by atoms with E-state index in [2.05, 4.69) is 21.6 Å². The van der Waals surface area contributed by atoms with Crippen LogP contribution >= 0.6 is 11.5 Å². The molecule has 2 heterocycles. The maximum absolute atomic E-state index is 10.3. The smallest absolute Gasteiger partial charge is 0.0972 e. The Kier molecular flexibility index (Phi) is 4.08. The molecular formula is C12H18N4OS. The summed E-state index contributed by atoms with van der Waals surface area (Å²) in [5.41, 5.74) is 2.98. The fourth-order valence-electron chi connectivity index (χ4n) is 1.94. The molecular weight excluding hydrogens is 248 g/mol. The summed E-state index contributed by atoms with van der Waals surface area (Å²) in [6.45, 7) is 4.09. The first-order chi connectivity index (χ1) is 8.65. The van der Waals surface area contributed by atoms with Crippen molar-refractivity contribution in [2.24, 2.45) is 7.05 Å². The van der Waals surface area contributed by atoms with E-state index in [1.165, 1.54) is 11.5 Å². The van der Waals surface area contributed by atoms with Gasteiger partial charge in [0, 0.05) is 19.2 Å². The second-order valence-electron chi connectivity index (χ2n) is 4.26. The number of hydrogen-bond acceptors (Lipinski definition) is 5. The Labute approximate surface area is 111 Å². The van der Waals surface area contributed by atoms with Crippen LogP contribution < -0.4 is 0 Å². The first-order valence-corrected chi connectivity index (χ1v) is 6.94. The van der Waals surface area contributed by atoms with E-state index in [4.69, 9.17) is 0 Å². The van der Waals surface area contributed by atoms with Crippen molar-refractivity contribution in [2.45, 2.75) is 39.2 Å². The third kappa shape index (κ3) is 2.59. The molecule has 2 aromatic heterocycles. The Morgan fingerprint density at radius 3 is 2.78 bits per heavy atom. The van der Waals surface area contributed by atoms with E-state index in [1.54, 1.807) is 0 Å². The largest absolute Gasteiger partial charge is 0.387 e. The van der Waals surface area contributed by atoms with E-state index in [9.17, 15) is 5.11 Å². The number of aliphatic hydroxyl groups excluding tert-OH is 1. The lowest BCUT2D eigenvalue weighted by molar-refractivity contribution is 0.178. The molecule has 0 bridgehead atoms. The number of hydrogen-bond donors (Lipinski definition) is 1. The summed E-state index contributed by atoms with van der Waals surface area (Å²) in [5.74, 6) is 0. The van der Waals surface area contributed by atoms with Crippen LogP contribution in [-0.4, -0.2) is 24.5 Å². The highest BCUT2D eigenvalue weighted by atomic mass is 32.1. The molecule has 0 amide bonds. The van der Waals surface area contributed by atoms with Crippen LogP contribution in [-0.2, 0) is 26.3 Å². The van der Waals surface area contributed by atoms with Crippen LogP contribution in [0.5, 0.6) is 0 Å². The minimum Gasteiger partial charge on any atom is -0.387 e. The average molecular weight is 266 g/mol. The van der Waals surface area contributed by atoms with Gasteiger partial charge >= 0.3 is 0 Å². The van der Waals surface area contributed by atoms with Gasteiger partial charge in [-0.3, -0.25) is 4.68 Å². The molecule has 1 atom stereocenters. The van der Waals surface area contributed by atoms with Crippen LogP contribution in [0.3, 0.4) is 0 Å². The molecule has 5 nitrogen and oxygen atoms in total. The Morgan fingerprint density at radius 2 is 2.17 bits per heavy atom. The van der Waals surface area contributed by atoms with Crippen molar-refractivity contribution >= 4 is 11.5 Å². The molecule has 2 aromatic rings. The SMILES string of the molecule is CCc1cc(CC(O)c2snnc2CC)n(C)n1. The minimum atomic E-state index is -0.542. The highest BCUT2D eigenvalue weighted by Gasteiger charge is 2.18. The molecule has 2 rings (SSSR count). The quantitative estimate of drug-likeness (QED) is 0.894. The third-order valence-electron chi connectivity index (χ3n) is 3.01. The summed E-state index contributed by atoms with van der Waals surface area (Å²) < 4.78 is 5.74. The van der Waals surface area contributed by atoms with E-state index >= 15 is 0 Å². The van der Waals surface area contributed by atoms with E-state index in [1.807, 2.05) is 24.7 Å². The van der Waals surface area contributed by atoms with Crippen LogP contribution in [0, 0.1) is 0 Å². The summed E-state index contributed by atoms with van der Waals surface area (Å²) >= 11 is 1.28. The average Bonchev–Trinajstić information content (AvgIpc) is 2.96. The van der Waals surface area contributed by atoms with Crippen LogP contribution in [0.4, 0.5) is 0 Å². The van der Waals surface area contributed by atoms with Crippen molar-refractivity contribution in [2.75, 3.05) is 0 Å². The zero-order valence-corrected chi connectivity index (χ0v) is 11.7. The molecule has 6 heteroatoms. The highest BCUT2D eigenvalue weighted by molar-refractivity contribution is 7.05. The van der Waals surface area contributed by atoms with Gasteiger partial charge in [0.15, 0.2) is 0 Å². The molecule has 0 saturated heterocycles. The zero-order valence-electron chi connectivity index (χ0n) is 10.9. The van der Waals surface area contributed by atoms with Crippen molar-refractivity contribution in [1.29, 1.82) is 0 Å². The normalized spacial score (nSPS) is 12.9. The molecule has 0 aliphatic carbocycles. The van der Waals surface area contributed by atoms with Gasteiger partial charge in [-0.2, -0.15) is 5.10 Å². The molecule has 0 aromatic carbocycles. The number of nitrogens with zero attached hydrogens (tertiary/aromatic N) is 4. The van der Waals surface area contributed by atoms with Gasteiger partial charge in [0.2, 0.25) is 0 Å². The molecule has 0 spiro atoms. The lowest BCUT2D eigenvalue weighted by atomic mass is 10.1. The minimum absolute atomic E-state index is 0.542. The molecule has 1 unspecified atom stereocenters. The fraction of sp³-hybridized carbons (Fsp3) is 0.583. The van der Waals surface area contributed by atoms with Crippen LogP contribution in [0.15, 0.2) is 6.07 Å². The van der Waals surface area contributed by atoms with Gasteiger partial charge in [-0.05, 0) is 30.4 Å². The Hall–Kier alpha value is -1.27. The maximum Gasteiger partial charge on any atom is 0.0972 e. The summed E-state index contributed by atoms with van der Waals surface area (Å²) in [7, 11) is 1.91. The number of aromatic nitrogens is 4. The van der Waals surface area contributed by atoms with Gasteiger partial charge in [-0.1, -0.05) is 18.3 Å². The van der Waals surface area contributed by atoms with E-state index in [-0.39, 0.29) is 0 Å². The Balaban J connectivity index is 2.15. The first-order valence-electron chi connectivity index (χ1n) is 6.16. The van der Waals surface area contributed by atoms with Crippen molar-refractivity contribution in [1.82, 2.24) is 19.4 Å². The Morgan fingerprint density at radius 1 is 1.39 bits per heavy atom. The van der Waals surface area contributed by atoms with Gasteiger partial charge in [-0.25, -0.2) is 0 Å². The summed E-state index contributed by atoms with van der Waals surface area (Å²) in [6, 6.07) is 2.04. The van der Waals surface area contributed by atoms with Crippen molar-refractivity contribution in [3.05, 3.63) is 28.0 Å². The highest BCUT2D eigenvalue weighted by Crippen LogP contribution is 2.24. The van der Waals surface area contributed by atoms with E-state index in [0.29, 0.717) is 6.42 Å². The maximum atomic E-state index is 10.3. The lowest BCUT2D eigenvalue weighted by Crippen LogP contribution is -2.07. The lowest BCUT2D eigenvalue weighted by Gasteiger charge is -2.09. The van der Waals surface area contributed by atoms with Crippen LogP contribution in [0.25, 0.3) is 0 Å². The first kappa shape index (κ1) is 13.2. The van der Waals surface area contributed by atoms with Crippen LogP contribution in [0.1, 0.15) is 41.9 Å². The Bertz CT molecular complexity index is 520. The fourth-order valence-corrected chi connectivity index (χ4v) is 2.66. The molecule has 0 radical (unpaired) electrons. The van der Waals surface area contributed by atoms with Crippen LogP contribution in [0.2, 0.25) is 0 Å². The predicted molar refractivity (Wildman–Crippen MR) is 70.5 cm³/mol.